The molecule has 1 atom stereocenters. The number of amides is 2. The largest absolute Gasteiger partial charge is 0.481 e. The zero-order valence-corrected chi connectivity index (χ0v) is 11.4. The summed E-state index contributed by atoms with van der Waals surface area (Å²) in [5, 5.41) is 23.7. The van der Waals surface area contributed by atoms with E-state index in [9.17, 15) is 14.7 Å². The highest BCUT2D eigenvalue weighted by atomic mass is 16.4. The van der Waals surface area contributed by atoms with Crippen molar-refractivity contribution in [1.82, 2.24) is 10.6 Å². The molecule has 1 rings (SSSR count). The van der Waals surface area contributed by atoms with Crippen molar-refractivity contribution in [2.75, 3.05) is 0 Å². The molecule has 1 aliphatic carbocycles. The van der Waals surface area contributed by atoms with Gasteiger partial charge in [0.15, 0.2) is 0 Å². The third kappa shape index (κ3) is 6.42. The van der Waals surface area contributed by atoms with Gasteiger partial charge in [-0.1, -0.05) is 13.3 Å². The van der Waals surface area contributed by atoms with Gasteiger partial charge in [-0.3, -0.25) is 4.79 Å². The van der Waals surface area contributed by atoms with Crippen molar-refractivity contribution in [3.63, 3.8) is 0 Å². The third-order valence-corrected chi connectivity index (χ3v) is 3.43. The maximum absolute atomic E-state index is 11.8. The topological polar surface area (TPSA) is 98.7 Å². The van der Waals surface area contributed by atoms with Crippen molar-refractivity contribution in [3.05, 3.63) is 0 Å². The molecule has 110 valence electrons. The van der Waals surface area contributed by atoms with Gasteiger partial charge in [-0.25, -0.2) is 4.79 Å². The van der Waals surface area contributed by atoms with Crippen molar-refractivity contribution in [1.29, 1.82) is 0 Å². The van der Waals surface area contributed by atoms with Gasteiger partial charge in [-0.15, -0.1) is 0 Å². The van der Waals surface area contributed by atoms with Gasteiger partial charge in [0.1, 0.15) is 0 Å². The molecule has 0 aromatic rings. The van der Waals surface area contributed by atoms with E-state index in [0.29, 0.717) is 19.3 Å². The van der Waals surface area contributed by atoms with E-state index in [-0.39, 0.29) is 30.6 Å². The summed E-state index contributed by atoms with van der Waals surface area (Å²) in [6.07, 6.45) is 4.14. The number of carbonyl (C=O) groups excluding carboxylic acids is 1. The van der Waals surface area contributed by atoms with E-state index in [1.807, 2.05) is 6.92 Å². The second-order valence-corrected chi connectivity index (χ2v) is 5.21. The Balaban J connectivity index is 2.33. The van der Waals surface area contributed by atoms with E-state index < -0.39 is 5.97 Å². The molecule has 6 nitrogen and oxygen atoms in total. The van der Waals surface area contributed by atoms with Gasteiger partial charge in [0.05, 0.1) is 12.5 Å². The predicted octanol–water partition coefficient (Wildman–Crippen LogP) is 1.23. The van der Waals surface area contributed by atoms with Crippen molar-refractivity contribution in [3.8, 4) is 0 Å². The minimum Gasteiger partial charge on any atom is -0.481 e. The standard InChI is InChI=1S/C13H24N2O4/c1-2-3-10(8-12(17)18)15-13(19)14-9-4-6-11(16)7-5-9/h9-11,16H,2-8H2,1H3,(H,17,18)(H2,14,15,19). The average Bonchev–Trinajstić information content (AvgIpc) is 2.31. The summed E-state index contributed by atoms with van der Waals surface area (Å²) < 4.78 is 0. The van der Waals surface area contributed by atoms with Gasteiger partial charge < -0.3 is 20.8 Å². The average molecular weight is 272 g/mol. The van der Waals surface area contributed by atoms with Crippen LogP contribution in [-0.4, -0.2) is 40.4 Å². The summed E-state index contributed by atoms with van der Waals surface area (Å²) in [6.45, 7) is 1.96. The smallest absolute Gasteiger partial charge is 0.315 e. The minimum absolute atomic E-state index is 0.0510. The lowest BCUT2D eigenvalue weighted by Gasteiger charge is -2.27. The highest BCUT2D eigenvalue weighted by Gasteiger charge is 2.22. The van der Waals surface area contributed by atoms with Crippen LogP contribution in [0.2, 0.25) is 0 Å². The molecule has 0 bridgehead atoms. The van der Waals surface area contributed by atoms with Crippen molar-refractivity contribution in [2.24, 2.45) is 0 Å². The monoisotopic (exact) mass is 272 g/mol. The molecule has 2 amide bonds. The quantitative estimate of drug-likeness (QED) is 0.584. The third-order valence-electron chi connectivity index (χ3n) is 3.43. The SMILES string of the molecule is CCCC(CC(=O)O)NC(=O)NC1CCC(O)CC1. The van der Waals surface area contributed by atoms with E-state index in [1.165, 1.54) is 0 Å². The van der Waals surface area contributed by atoms with Crippen LogP contribution in [0.4, 0.5) is 4.79 Å². The Hall–Kier alpha value is -1.30. The molecular formula is C13H24N2O4. The summed E-state index contributed by atoms with van der Waals surface area (Å²) in [5.74, 6) is -0.903. The van der Waals surface area contributed by atoms with Crippen LogP contribution in [0.5, 0.6) is 0 Å². The van der Waals surface area contributed by atoms with Crippen LogP contribution in [0, 0.1) is 0 Å². The van der Waals surface area contributed by atoms with E-state index in [2.05, 4.69) is 10.6 Å². The fourth-order valence-corrected chi connectivity index (χ4v) is 2.42. The number of urea groups is 1. The summed E-state index contributed by atoms with van der Waals surface area (Å²) in [5.41, 5.74) is 0. The van der Waals surface area contributed by atoms with Gasteiger partial charge in [-0.2, -0.15) is 0 Å². The Morgan fingerprint density at radius 1 is 1.26 bits per heavy atom. The van der Waals surface area contributed by atoms with Crippen LogP contribution in [0.3, 0.4) is 0 Å². The molecule has 1 saturated carbocycles. The first-order valence-corrected chi connectivity index (χ1v) is 6.98. The first-order chi connectivity index (χ1) is 9.01. The fraction of sp³-hybridized carbons (Fsp3) is 0.846. The molecule has 1 fully saturated rings. The van der Waals surface area contributed by atoms with E-state index in [4.69, 9.17) is 5.11 Å². The lowest BCUT2D eigenvalue weighted by atomic mass is 9.93. The van der Waals surface area contributed by atoms with Crippen LogP contribution in [0.1, 0.15) is 51.9 Å². The van der Waals surface area contributed by atoms with Gasteiger partial charge in [-0.05, 0) is 32.1 Å². The molecule has 19 heavy (non-hydrogen) atoms. The predicted molar refractivity (Wildman–Crippen MR) is 70.9 cm³/mol. The summed E-state index contributed by atoms with van der Waals surface area (Å²) in [7, 11) is 0. The number of carboxylic acid groups (broad SMARTS) is 1. The minimum atomic E-state index is -0.903. The van der Waals surface area contributed by atoms with Crippen LogP contribution < -0.4 is 10.6 Å². The highest BCUT2D eigenvalue weighted by Crippen LogP contribution is 2.18. The normalized spacial score (nSPS) is 24.5. The first kappa shape index (κ1) is 15.8. The van der Waals surface area contributed by atoms with Crippen LogP contribution in [0.25, 0.3) is 0 Å². The maximum Gasteiger partial charge on any atom is 0.315 e. The number of carbonyl (C=O) groups is 2. The Morgan fingerprint density at radius 3 is 2.42 bits per heavy atom. The molecular weight excluding hydrogens is 248 g/mol. The fourth-order valence-electron chi connectivity index (χ4n) is 2.42. The first-order valence-electron chi connectivity index (χ1n) is 6.98. The number of hydrogen-bond donors (Lipinski definition) is 4. The number of aliphatic hydroxyl groups is 1. The van der Waals surface area contributed by atoms with Gasteiger partial charge in [0.25, 0.3) is 0 Å². The number of rotatable bonds is 6. The number of hydrogen-bond acceptors (Lipinski definition) is 3. The number of aliphatic carboxylic acids is 1. The van der Waals surface area contributed by atoms with Crippen molar-refractivity contribution < 1.29 is 19.8 Å². The van der Waals surface area contributed by atoms with E-state index >= 15 is 0 Å². The summed E-state index contributed by atoms with van der Waals surface area (Å²) in [4.78, 5) is 22.5. The zero-order valence-electron chi connectivity index (χ0n) is 11.4. The Morgan fingerprint density at radius 2 is 1.89 bits per heavy atom. The lowest BCUT2D eigenvalue weighted by molar-refractivity contribution is -0.137. The molecule has 1 unspecified atom stereocenters. The Kier molecular flexibility index (Phi) is 6.62. The van der Waals surface area contributed by atoms with Gasteiger partial charge >= 0.3 is 12.0 Å². The maximum atomic E-state index is 11.8. The van der Waals surface area contributed by atoms with Crippen LogP contribution in [0.15, 0.2) is 0 Å². The Labute approximate surface area is 113 Å². The number of nitrogens with one attached hydrogen (secondary N) is 2. The number of aliphatic hydroxyl groups excluding tert-OH is 1. The molecule has 0 heterocycles. The summed E-state index contributed by atoms with van der Waals surface area (Å²) >= 11 is 0. The molecule has 0 spiro atoms. The van der Waals surface area contributed by atoms with E-state index in [0.717, 1.165) is 19.3 Å². The molecule has 4 N–H and O–H groups in total. The van der Waals surface area contributed by atoms with Crippen LogP contribution >= 0.6 is 0 Å². The van der Waals surface area contributed by atoms with Crippen LogP contribution in [-0.2, 0) is 4.79 Å². The zero-order chi connectivity index (χ0) is 14.3. The van der Waals surface area contributed by atoms with Crippen molar-refractivity contribution in [2.45, 2.75) is 70.1 Å². The highest BCUT2D eigenvalue weighted by molar-refractivity contribution is 5.76. The van der Waals surface area contributed by atoms with E-state index in [1.54, 1.807) is 0 Å². The molecule has 0 aromatic heterocycles. The lowest BCUT2D eigenvalue weighted by Crippen LogP contribution is -2.48. The molecule has 0 aliphatic heterocycles. The van der Waals surface area contributed by atoms with Gasteiger partial charge in [0, 0.05) is 12.1 Å². The molecule has 0 saturated heterocycles. The van der Waals surface area contributed by atoms with Crippen molar-refractivity contribution >= 4 is 12.0 Å². The molecule has 0 radical (unpaired) electrons. The Bertz CT molecular complexity index is 301. The van der Waals surface area contributed by atoms with Gasteiger partial charge in [0.2, 0.25) is 0 Å². The second-order valence-electron chi connectivity index (χ2n) is 5.21. The second kappa shape index (κ2) is 7.99. The summed E-state index contributed by atoms with van der Waals surface area (Å²) in [6, 6.07) is -0.548. The molecule has 0 aromatic carbocycles. The molecule has 6 heteroatoms. The molecule has 1 aliphatic rings. The number of carboxylic acids is 1.